The number of allylic oxidation sites excluding steroid dienone is 1. The molecule has 0 saturated carbocycles. The molecule has 1 aromatic carbocycles. The van der Waals surface area contributed by atoms with Crippen LogP contribution in [0.25, 0.3) is 0 Å². The highest BCUT2D eigenvalue weighted by Crippen LogP contribution is 2.31. The normalized spacial score (nSPS) is 19.6. The van der Waals surface area contributed by atoms with Crippen molar-refractivity contribution in [3.63, 3.8) is 0 Å². The second-order valence-corrected chi connectivity index (χ2v) is 4.98. The molecule has 0 spiro atoms. The first-order valence-corrected chi connectivity index (χ1v) is 6.63. The summed E-state index contributed by atoms with van der Waals surface area (Å²) in [5, 5.41) is 0. The summed E-state index contributed by atoms with van der Waals surface area (Å²) in [4.78, 5) is 0. The summed E-state index contributed by atoms with van der Waals surface area (Å²) in [6, 6.07) is 6.58. The molecule has 1 heterocycles. The van der Waals surface area contributed by atoms with Crippen LogP contribution in [0.1, 0.15) is 42.1 Å². The van der Waals surface area contributed by atoms with Gasteiger partial charge >= 0.3 is 0 Å². The molecule has 0 aromatic heterocycles. The number of benzene rings is 1. The zero-order valence-electron chi connectivity index (χ0n) is 11.4. The Balaban J connectivity index is 2.24. The Morgan fingerprint density at radius 2 is 2.28 bits per heavy atom. The molecule has 1 fully saturated rings. The summed E-state index contributed by atoms with van der Waals surface area (Å²) >= 11 is 0. The summed E-state index contributed by atoms with van der Waals surface area (Å²) in [6.07, 6.45) is 4.58. The fourth-order valence-electron chi connectivity index (χ4n) is 2.47. The zero-order chi connectivity index (χ0) is 13.0. The van der Waals surface area contributed by atoms with Gasteiger partial charge in [-0.15, -0.1) is 0 Å². The van der Waals surface area contributed by atoms with Crippen LogP contribution in [0.3, 0.4) is 0 Å². The van der Waals surface area contributed by atoms with E-state index in [2.05, 4.69) is 31.7 Å². The Hall–Kier alpha value is -1.28. The lowest BCUT2D eigenvalue weighted by Crippen LogP contribution is -2.13. The van der Waals surface area contributed by atoms with Crippen molar-refractivity contribution in [1.82, 2.24) is 0 Å². The van der Waals surface area contributed by atoms with Crippen LogP contribution in [0, 0.1) is 6.92 Å². The van der Waals surface area contributed by atoms with Crippen LogP contribution in [-0.2, 0) is 15.9 Å². The van der Waals surface area contributed by atoms with E-state index in [1.165, 1.54) is 29.5 Å². The smallest absolute Gasteiger partial charge is 0.0927 e. The van der Waals surface area contributed by atoms with Gasteiger partial charge < -0.3 is 9.47 Å². The third-order valence-electron chi connectivity index (χ3n) is 3.50. The Bertz CT molecular complexity index is 417. The average molecular weight is 246 g/mol. The molecule has 18 heavy (non-hydrogen) atoms. The number of rotatable bonds is 4. The molecule has 1 atom stereocenters. The van der Waals surface area contributed by atoms with Gasteiger partial charge in [0.05, 0.1) is 19.0 Å². The number of methoxy groups -OCH3 is 1. The lowest BCUT2D eigenvalue weighted by Gasteiger charge is -2.25. The minimum absolute atomic E-state index is 0.249. The van der Waals surface area contributed by atoms with E-state index in [0.29, 0.717) is 0 Å². The molecule has 0 radical (unpaired) electrons. The van der Waals surface area contributed by atoms with E-state index in [-0.39, 0.29) is 6.10 Å². The van der Waals surface area contributed by atoms with Gasteiger partial charge in [0.1, 0.15) is 0 Å². The number of hydrogen-bond donors (Lipinski definition) is 0. The van der Waals surface area contributed by atoms with E-state index in [0.717, 1.165) is 25.2 Å². The maximum absolute atomic E-state index is 5.89. The first-order chi connectivity index (χ1) is 8.70. The molecule has 1 saturated heterocycles. The molecular formula is C16H22O2. The van der Waals surface area contributed by atoms with Gasteiger partial charge in [-0.05, 0) is 37.3 Å². The van der Waals surface area contributed by atoms with Crippen LogP contribution in [0.15, 0.2) is 30.5 Å². The Labute approximate surface area is 110 Å². The molecule has 0 N–H and O–H groups in total. The number of hydrogen-bond acceptors (Lipinski definition) is 2. The van der Waals surface area contributed by atoms with Crippen molar-refractivity contribution in [2.45, 2.75) is 38.7 Å². The van der Waals surface area contributed by atoms with E-state index in [1.807, 2.05) is 0 Å². The van der Waals surface area contributed by atoms with Crippen LogP contribution in [0.5, 0.6) is 0 Å². The summed E-state index contributed by atoms with van der Waals surface area (Å²) in [6.45, 7) is 6.92. The Kier molecular flexibility index (Phi) is 4.43. The molecule has 1 aromatic rings. The molecular weight excluding hydrogens is 224 g/mol. The van der Waals surface area contributed by atoms with Gasteiger partial charge in [0.15, 0.2) is 0 Å². The molecule has 0 bridgehead atoms. The largest absolute Gasteiger partial charge is 0.501 e. The van der Waals surface area contributed by atoms with Gasteiger partial charge in [0, 0.05) is 13.0 Å². The zero-order valence-corrected chi connectivity index (χ0v) is 11.4. The van der Waals surface area contributed by atoms with Gasteiger partial charge in [-0.2, -0.15) is 0 Å². The molecule has 98 valence electrons. The predicted octanol–water partition coefficient (Wildman–Crippen LogP) is 3.94. The predicted molar refractivity (Wildman–Crippen MR) is 73.6 cm³/mol. The highest BCUT2D eigenvalue weighted by molar-refractivity contribution is 5.35. The molecule has 0 aliphatic carbocycles. The number of aryl methyl sites for hydroxylation is 1. The van der Waals surface area contributed by atoms with Gasteiger partial charge in [-0.25, -0.2) is 0 Å². The van der Waals surface area contributed by atoms with Gasteiger partial charge in [0.2, 0.25) is 0 Å². The van der Waals surface area contributed by atoms with Gasteiger partial charge in [-0.3, -0.25) is 0 Å². The van der Waals surface area contributed by atoms with E-state index in [1.54, 1.807) is 7.11 Å². The molecule has 1 aliphatic heterocycles. The third-order valence-corrected chi connectivity index (χ3v) is 3.50. The molecule has 1 aliphatic rings. The highest BCUT2D eigenvalue weighted by atomic mass is 16.5. The lowest BCUT2D eigenvalue weighted by molar-refractivity contribution is 0.0144. The molecule has 2 rings (SSSR count). The maximum atomic E-state index is 5.89. The van der Waals surface area contributed by atoms with Crippen molar-refractivity contribution in [1.29, 1.82) is 0 Å². The first kappa shape index (κ1) is 13.2. The fourth-order valence-corrected chi connectivity index (χ4v) is 2.47. The summed E-state index contributed by atoms with van der Waals surface area (Å²) in [5.41, 5.74) is 3.86. The van der Waals surface area contributed by atoms with Crippen LogP contribution in [-0.4, -0.2) is 13.7 Å². The second kappa shape index (κ2) is 6.05. The van der Waals surface area contributed by atoms with E-state index >= 15 is 0 Å². The molecule has 2 heteroatoms. The fraction of sp³-hybridized carbons (Fsp3) is 0.500. The molecule has 1 unspecified atom stereocenters. The van der Waals surface area contributed by atoms with E-state index < -0.39 is 0 Å². The first-order valence-electron chi connectivity index (χ1n) is 6.63. The lowest BCUT2D eigenvalue weighted by atomic mass is 9.93. The van der Waals surface area contributed by atoms with Crippen LogP contribution < -0.4 is 0 Å². The van der Waals surface area contributed by atoms with Gasteiger partial charge in [0.25, 0.3) is 0 Å². The third kappa shape index (κ3) is 3.14. The van der Waals surface area contributed by atoms with E-state index in [4.69, 9.17) is 9.47 Å². The van der Waals surface area contributed by atoms with Crippen molar-refractivity contribution in [3.05, 3.63) is 47.2 Å². The second-order valence-electron chi connectivity index (χ2n) is 4.98. The van der Waals surface area contributed by atoms with Crippen LogP contribution in [0.2, 0.25) is 0 Å². The quantitative estimate of drug-likeness (QED) is 0.749. The van der Waals surface area contributed by atoms with Crippen molar-refractivity contribution < 1.29 is 9.47 Å². The van der Waals surface area contributed by atoms with Crippen molar-refractivity contribution in [2.24, 2.45) is 0 Å². The summed E-state index contributed by atoms with van der Waals surface area (Å²) < 4.78 is 11.1. The van der Waals surface area contributed by atoms with Crippen LogP contribution >= 0.6 is 0 Å². The summed E-state index contributed by atoms with van der Waals surface area (Å²) in [5.74, 6) is 0.803. The topological polar surface area (TPSA) is 18.5 Å². The Morgan fingerprint density at radius 1 is 1.44 bits per heavy atom. The maximum Gasteiger partial charge on any atom is 0.0927 e. The SMILES string of the molecule is C=C(Cc1cc(C)ccc1C1CCCCO1)OC. The van der Waals surface area contributed by atoms with Crippen molar-refractivity contribution in [3.8, 4) is 0 Å². The average Bonchev–Trinajstić information content (AvgIpc) is 2.40. The molecule has 2 nitrogen and oxygen atoms in total. The minimum Gasteiger partial charge on any atom is -0.501 e. The van der Waals surface area contributed by atoms with Crippen molar-refractivity contribution >= 4 is 0 Å². The van der Waals surface area contributed by atoms with E-state index in [9.17, 15) is 0 Å². The summed E-state index contributed by atoms with van der Waals surface area (Å²) in [7, 11) is 1.68. The minimum atomic E-state index is 0.249. The van der Waals surface area contributed by atoms with Crippen LogP contribution in [0.4, 0.5) is 0 Å². The Morgan fingerprint density at radius 3 is 2.94 bits per heavy atom. The standard InChI is InChI=1S/C16H22O2/c1-12-7-8-15(16-6-4-5-9-18-16)14(10-12)11-13(2)17-3/h7-8,10,16H,2,4-6,9,11H2,1,3H3. The monoisotopic (exact) mass is 246 g/mol. The van der Waals surface area contributed by atoms with Gasteiger partial charge in [-0.1, -0.05) is 30.3 Å². The van der Waals surface area contributed by atoms with Crippen molar-refractivity contribution in [2.75, 3.05) is 13.7 Å². The number of ether oxygens (including phenoxy) is 2. The molecule has 0 amide bonds. The highest BCUT2D eigenvalue weighted by Gasteiger charge is 2.19.